The second kappa shape index (κ2) is 11.3. The van der Waals surface area contributed by atoms with E-state index in [0.29, 0.717) is 9.21 Å². The quantitative estimate of drug-likeness (QED) is 0.309. The van der Waals surface area contributed by atoms with Crippen LogP contribution in [0.25, 0.3) is 0 Å². The summed E-state index contributed by atoms with van der Waals surface area (Å²) >= 11 is 0.890. The van der Waals surface area contributed by atoms with Crippen LogP contribution < -0.4 is 10.6 Å². The van der Waals surface area contributed by atoms with Crippen molar-refractivity contribution in [3.8, 4) is 0 Å². The van der Waals surface area contributed by atoms with Crippen LogP contribution in [0.2, 0.25) is 0 Å². The van der Waals surface area contributed by atoms with Crippen LogP contribution in [-0.2, 0) is 29.2 Å². The van der Waals surface area contributed by atoms with E-state index in [-0.39, 0.29) is 18.7 Å². The zero-order chi connectivity index (χ0) is 30.2. The lowest BCUT2D eigenvalue weighted by Crippen LogP contribution is -2.58. The predicted octanol–water partition coefficient (Wildman–Crippen LogP) is -0.143. The summed E-state index contributed by atoms with van der Waals surface area (Å²) in [6.07, 6.45) is 0.806. The van der Waals surface area contributed by atoms with Gasteiger partial charge in [0.25, 0.3) is 0 Å². The molecule has 0 aromatic heterocycles. The van der Waals surface area contributed by atoms with Crippen molar-refractivity contribution >= 4 is 57.6 Å². The number of nitrogens with one attached hydrogen (secondary N) is 2. The molecular weight excluding hydrogens is 570 g/mol. The van der Waals surface area contributed by atoms with Gasteiger partial charge in [-0.3, -0.25) is 9.59 Å². The molecule has 2 fully saturated rings. The lowest BCUT2D eigenvalue weighted by molar-refractivity contribution is -0.153. The van der Waals surface area contributed by atoms with E-state index in [1.165, 1.54) is 26.0 Å². The number of hydrogen-bond donors (Lipinski definition) is 4. The molecule has 40 heavy (non-hydrogen) atoms. The van der Waals surface area contributed by atoms with Crippen LogP contribution in [0.4, 0.5) is 9.59 Å². The Bertz CT molecular complexity index is 1340. The highest BCUT2D eigenvalue weighted by molar-refractivity contribution is 8.01. The third-order valence-corrected chi connectivity index (χ3v) is 9.07. The number of aliphatic carboxylic acids is 2. The van der Waals surface area contributed by atoms with E-state index >= 15 is 0 Å². The average Bonchev–Trinajstić information content (AvgIpc) is 3.37. The van der Waals surface area contributed by atoms with Gasteiger partial charge in [-0.15, -0.1) is 11.8 Å². The molecule has 1 aromatic carbocycles. The summed E-state index contributed by atoms with van der Waals surface area (Å²) in [4.78, 5) is 77.3. The van der Waals surface area contributed by atoms with Gasteiger partial charge in [-0.2, -0.15) is 0 Å². The Balaban J connectivity index is 1.91. The molecule has 17 heteroatoms. The maximum Gasteiger partial charge on any atom is 0.341 e. The Morgan fingerprint density at radius 1 is 1.05 bits per heavy atom. The molecule has 6 amide bonds. The number of sulfonamides is 1. The fourth-order valence-electron chi connectivity index (χ4n) is 4.57. The van der Waals surface area contributed by atoms with Gasteiger partial charge in [-0.25, -0.2) is 36.8 Å². The highest BCUT2D eigenvalue weighted by atomic mass is 32.2. The van der Waals surface area contributed by atoms with Crippen LogP contribution in [0.15, 0.2) is 30.3 Å². The van der Waals surface area contributed by atoms with Gasteiger partial charge in [0.1, 0.15) is 17.5 Å². The normalized spacial score (nSPS) is 22.0. The topological polar surface area (TPSA) is 211 Å². The molecule has 0 bridgehead atoms. The summed E-state index contributed by atoms with van der Waals surface area (Å²) in [6.45, 7) is 3.59. The van der Waals surface area contributed by atoms with Crippen LogP contribution >= 0.6 is 11.8 Å². The van der Waals surface area contributed by atoms with E-state index in [0.717, 1.165) is 29.8 Å². The highest BCUT2D eigenvalue weighted by Gasteiger charge is 2.56. The largest absolute Gasteiger partial charge is 0.480 e. The number of carbonyl (C=O) groups excluding carboxylic acids is 4. The van der Waals surface area contributed by atoms with Gasteiger partial charge in [0, 0.05) is 11.7 Å². The number of hydrogen-bond acceptors (Lipinski definition) is 9. The van der Waals surface area contributed by atoms with Crippen LogP contribution in [0.1, 0.15) is 32.4 Å². The summed E-state index contributed by atoms with van der Waals surface area (Å²) in [6, 6.07) is 0.718. The minimum Gasteiger partial charge on any atom is -0.480 e. The molecule has 0 radical (unpaired) electrons. The number of amides is 6. The first-order chi connectivity index (χ1) is 18.5. The van der Waals surface area contributed by atoms with Crippen molar-refractivity contribution in [1.29, 1.82) is 0 Å². The zero-order valence-corrected chi connectivity index (χ0v) is 23.6. The van der Waals surface area contributed by atoms with Crippen molar-refractivity contribution in [1.82, 2.24) is 24.7 Å². The van der Waals surface area contributed by atoms with Gasteiger partial charge in [0.2, 0.25) is 21.8 Å². The van der Waals surface area contributed by atoms with E-state index in [9.17, 15) is 47.4 Å². The third kappa shape index (κ3) is 6.14. The number of carbonyl (C=O) groups is 6. The Kier molecular flexibility index (Phi) is 8.69. The number of carboxylic acid groups (broad SMARTS) is 2. The fraction of sp³-hybridized carbons (Fsp3) is 0.478. The Morgan fingerprint density at radius 3 is 2.12 bits per heavy atom. The standard InChI is InChI=1S/C23H29N5O10S2/c1-12(29)28-16(20(33)34)23(2,3)39-18(28)15(19(31)32)24-17(30)14(13-8-6-5-7-9-13)25-21(35)26-10-11-27(22(26)36)40(4,37)38/h5-9,14-16,18H,10-11H2,1-4H3,(H,24,30)(H,25,35)(H,31,32)(H,33,34)/t14-,15-,16+,18-/m1/s1. The summed E-state index contributed by atoms with van der Waals surface area (Å²) < 4.78 is 23.0. The SMILES string of the molecule is CC(=O)N1[C@@H]([C@@H](NC(=O)[C@H](NC(=O)N2CCN(S(C)(=O)=O)C2=O)c2ccccc2)C(=O)O)SC(C)(C)[C@@H]1C(=O)O. The predicted molar refractivity (Wildman–Crippen MR) is 140 cm³/mol. The maximum atomic E-state index is 13.5. The Morgan fingerprint density at radius 2 is 1.65 bits per heavy atom. The number of nitrogens with zero attached hydrogens (tertiary/aromatic N) is 3. The summed E-state index contributed by atoms with van der Waals surface area (Å²) in [5.74, 6) is -4.65. The second-order valence-electron chi connectivity index (χ2n) is 9.67. The molecule has 15 nitrogen and oxygen atoms in total. The first-order valence-corrected chi connectivity index (χ1v) is 14.6. The van der Waals surface area contributed by atoms with E-state index in [1.54, 1.807) is 18.2 Å². The number of imide groups is 1. The molecule has 3 rings (SSSR count). The first kappa shape index (κ1) is 30.7. The summed E-state index contributed by atoms with van der Waals surface area (Å²) in [7, 11) is -3.94. The number of urea groups is 2. The molecule has 1 aromatic rings. The molecule has 4 N–H and O–H groups in total. The van der Waals surface area contributed by atoms with E-state index in [2.05, 4.69) is 10.6 Å². The average molecular weight is 600 g/mol. The highest BCUT2D eigenvalue weighted by Crippen LogP contribution is 2.46. The first-order valence-electron chi connectivity index (χ1n) is 11.8. The van der Waals surface area contributed by atoms with Gasteiger partial charge in [0.05, 0.1) is 19.3 Å². The fourth-order valence-corrected chi connectivity index (χ4v) is 7.04. The van der Waals surface area contributed by atoms with E-state index < -0.39 is 74.1 Å². The number of thioether (sulfide) groups is 1. The smallest absolute Gasteiger partial charge is 0.341 e. The lowest BCUT2D eigenvalue weighted by Gasteiger charge is -2.32. The van der Waals surface area contributed by atoms with Crippen LogP contribution in [0.3, 0.4) is 0 Å². The molecular formula is C23H29N5O10S2. The van der Waals surface area contributed by atoms with Crippen LogP contribution in [0, 0.1) is 0 Å². The van der Waals surface area contributed by atoms with Gasteiger partial charge in [-0.1, -0.05) is 30.3 Å². The molecule has 2 saturated heterocycles. The Hall–Kier alpha value is -3.86. The van der Waals surface area contributed by atoms with Gasteiger partial charge < -0.3 is 25.7 Å². The van der Waals surface area contributed by atoms with Gasteiger partial charge in [-0.05, 0) is 19.4 Å². The lowest BCUT2D eigenvalue weighted by atomic mass is 10.0. The van der Waals surface area contributed by atoms with Crippen molar-refractivity contribution in [2.45, 2.75) is 49.0 Å². The van der Waals surface area contributed by atoms with Crippen molar-refractivity contribution in [3.63, 3.8) is 0 Å². The zero-order valence-electron chi connectivity index (χ0n) is 21.9. The van der Waals surface area contributed by atoms with E-state index in [4.69, 9.17) is 0 Å². The number of benzene rings is 1. The molecule has 0 unspecified atom stereocenters. The van der Waals surface area contributed by atoms with Crippen molar-refractivity contribution in [2.75, 3.05) is 19.3 Å². The maximum absolute atomic E-state index is 13.5. The monoisotopic (exact) mass is 599 g/mol. The van der Waals surface area contributed by atoms with E-state index in [1.807, 2.05) is 0 Å². The number of rotatable bonds is 8. The van der Waals surface area contributed by atoms with Crippen molar-refractivity contribution in [2.24, 2.45) is 0 Å². The van der Waals surface area contributed by atoms with Crippen molar-refractivity contribution < 1.29 is 47.4 Å². The molecule has 218 valence electrons. The van der Waals surface area contributed by atoms with Crippen molar-refractivity contribution in [3.05, 3.63) is 35.9 Å². The summed E-state index contributed by atoms with van der Waals surface area (Å²) in [5, 5.41) is 23.1. The number of carboxylic acids is 2. The molecule has 2 aliphatic heterocycles. The molecule has 4 atom stereocenters. The van der Waals surface area contributed by atoms with Crippen LogP contribution in [-0.4, -0.2) is 110 Å². The Labute approximate surface area is 233 Å². The molecule has 2 aliphatic rings. The van der Waals surface area contributed by atoms with Gasteiger partial charge in [0.15, 0.2) is 6.04 Å². The molecule has 0 saturated carbocycles. The summed E-state index contributed by atoms with van der Waals surface area (Å²) in [5.41, 5.74) is 0.204. The third-order valence-electron chi connectivity index (χ3n) is 6.36. The minimum atomic E-state index is -3.94. The van der Waals surface area contributed by atoms with Gasteiger partial charge >= 0.3 is 24.0 Å². The minimum absolute atomic E-state index is 0.204. The molecule has 0 spiro atoms. The van der Waals surface area contributed by atoms with Crippen LogP contribution in [0.5, 0.6) is 0 Å². The molecule has 0 aliphatic carbocycles. The second-order valence-corrected chi connectivity index (χ2v) is 13.3. The molecule has 2 heterocycles.